The van der Waals surface area contributed by atoms with E-state index in [-0.39, 0.29) is 6.61 Å². The van der Waals surface area contributed by atoms with Crippen molar-refractivity contribution in [1.82, 2.24) is 9.78 Å². The Bertz CT molecular complexity index is 635. The minimum absolute atomic E-state index is 0.0945. The fraction of sp³-hybridized carbons (Fsp3) is 0.312. The minimum atomic E-state index is 0.0945. The molecule has 1 heterocycles. The summed E-state index contributed by atoms with van der Waals surface area (Å²) in [5, 5.41) is 13.0. The molecule has 104 valence electrons. The second-order valence-electron chi connectivity index (χ2n) is 4.53. The van der Waals surface area contributed by atoms with E-state index in [2.05, 4.69) is 16.9 Å². The SMILES string of the molecule is Cc1cc(C#CCCO)ccc1OCc1ccn(C)n1. The Morgan fingerprint density at radius 1 is 1.35 bits per heavy atom. The zero-order valence-electron chi connectivity index (χ0n) is 11.8. The number of ether oxygens (including phenoxy) is 1. The molecule has 0 atom stereocenters. The summed E-state index contributed by atoms with van der Waals surface area (Å²) in [7, 11) is 1.88. The maximum absolute atomic E-state index is 8.69. The molecule has 0 aliphatic carbocycles. The normalized spacial score (nSPS) is 9.95. The first-order valence-electron chi connectivity index (χ1n) is 6.51. The molecule has 2 aromatic rings. The van der Waals surface area contributed by atoms with Gasteiger partial charge in [0.15, 0.2) is 0 Å². The van der Waals surface area contributed by atoms with E-state index in [1.165, 1.54) is 0 Å². The van der Waals surface area contributed by atoms with Crippen LogP contribution in [0.2, 0.25) is 0 Å². The van der Waals surface area contributed by atoms with Gasteiger partial charge in [0.25, 0.3) is 0 Å². The second kappa shape index (κ2) is 6.78. The summed E-state index contributed by atoms with van der Waals surface area (Å²) in [4.78, 5) is 0. The molecule has 20 heavy (non-hydrogen) atoms. The molecule has 1 aromatic carbocycles. The quantitative estimate of drug-likeness (QED) is 0.865. The number of aliphatic hydroxyl groups is 1. The number of aromatic nitrogens is 2. The topological polar surface area (TPSA) is 47.3 Å². The molecule has 0 bridgehead atoms. The first kappa shape index (κ1) is 14.2. The highest BCUT2D eigenvalue weighted by atomic mass is 16.5. The lowest BCUT2D eigenvalue weighted by Crippen LogP contribution is -1.99. The molecule has 1 aromatic heterocycles. The monoisotopic (exact) mass is 270 g/mol. The Balaban J connectivity index is 2.01. The van der Waals surface area contributed by atoms with E-state index in [0.717, 1.165) is 22.6 Å². The van der Waals surface area contributed by atoms with Crippen LogP contribution in [0.1, 0.15) is 23.2 Å². The molecule has 4 heteroatoms. The van der Waals surface area contributed by atoms with E-state index in [9.17, 15) is 0 Å². The van der Waals surface area contributed by atoms with Crippen molar-refractivity contribution < 1.29 is 9.84 Å². The predicted molar refractivity (Wildman–Crippen MR) is 77.3 cm³/mol. The summed E-state index contributed by atoms with van der Waals surface area (Å²) < 4.78 is 7.51. The standard InChI is InChI=1S/C16H18N2O2/c1-13-11-14(5-3-4-10-19)6-7-16(13)20-12-15-8-9-18(2)17-15/h6-9,11,19H,4,10,12H2,1-2H3. The van der Waals surface area contributed by atoms with Gasteiger partial charge < -0.3 is 9.84 Å². The van der Waals surface area contributed by atoms with E-state index in [4.69, 9.17) is 9.84 Å². The molecule has 0 saturated carbocycles. The van der Waals surface area contributed by atoms with Crippen LogP contribution in [0.15, 0.2) is 30.5 Å². The van der Waals surface area contributed by atoms with Crippen LogP contribution in [-0.2, 0) is 13.7 Å². The Morgan fingerprint density at radius 2 is 2.20 bits per heavy atom. The average molecular weight is 270 g/mol. The Labute approximate surface area is 119 Å². The molecule has 0 fully saturated rings. The Morgan fingerprint density at radius 3 is 2.85 bits per heavy atom. The highest BCUT2D eigenvalue weighted by Gasteiger charge is 2.02. The molecule has 2 rings (SSSR count). The van der Waals surface area contributed by atoms with E-state index in [1.54, 1.807) is 4.68 Å². The Hall–Kier alpha value is -2.25. The summed E-state index contributed by atoms with van der Waals surface area (Å²) >= 11 is 0. The van der Waals surface area contributed by atoms with Crippen LogP contribution in [0.25, 0.3) is 0 Å². The van der Waals surface area contributed by atoms with Crippen LogP contribution in [0.3, 0.4) is 0 Å². The molecule has 0 aliphatic heterocycles. The highest BCUT2D eigenvalue weighted by Crippen LogP contribution is 2.19. The van der Waals surface area contributed by atoms with Crippen molar-refractivity contribution in [2.75, 3.05) is 6.61 Å². The van der Waals surface area contributed by atoms with Gasteiger partial charge in [-0.05, 0) is 36.8 Å². The van der Waals surface area contributed by atoms with Gasteiger partial charge in [0, 0.05) is 25.2 Å². The van der Waals surface area contributed by atoms with Gasteiger partial charge in [-0.2, -0.15) is 5.10 Å². The number of hydrogen-bond donors (Lipinski definition) is 1. The molecule has 0 aliphatic rings. The van der Waals surface area contributed by atoms with Crippen LogP contribution in [0.4, 0.5) is 0 Å². The number of hydrogen-bond acceptors (Lipinski definition) is 3. The lowest BCUT2D eigenvalue weighted by atomic mass is 10.1. The van der Waals surface area contributed by atoms with Crippen molar-refractivity contribution in [3.63, 3.8) is 0 Å². The summed E-state index contributed by atoms with van der Waals surface area (Å²) in [6.45, 7) is 2.54. The third-order valence-corrected chi connectivity index (χ3v) is 2.79. The molecule has 4 nitrogen and oxygen atoms in total. The third-order valence-electron chi connectivity index (χ3n) is 2.79. The summed E-state index contributed by atoms with van der Waals surface area (Å²) in [5.74, 6) is 6.75. The van der Waals surface area contributed by atoms with Gasteiger partial charge in [-0.15, -0.1) is 0 Å². The van der Waals surface area contributed by atoms with Crippen LogP contribution < -0.4 is 4.74 Å². The Kier molecular flexibility index (Phi) is 4.80. The van der Waals surface area contributed by atoms with Gasteiger partial charge >= 0.3 is 0 Å². The molecule has 0 spiro atoms. The molecule has 0 amide bonds. The fourth-order valence-electron chi connectivity index (χ4n) is 1.80. The summed E-state index contributed by atoms with van der Waals surface area (Å²) in [6.07, 6.45) is 2.39. The van der Waals surface area contributed by atoms with Crippen molar-refractivity contribution in [3.8, 4) is 17.6 Å². The van der Waals surface area contributed by atoms with Crippen molar-refractivity contribution in [3.05, 3.63) is 47.3 Å². The number of rotatable bonds is 4. The molecule has 0 radical (unpaired) electrons. The zero-order chi connectivity index (χ0) is 14.4. The summed E-state index contributed by atoms with van der Waals surface area (Å²) in [5.41, 5.74) is 2.87. The van der Waals surface area contributed by atoms with Crippen molar-refractivity contribution in [1.29, 1.82) is 0 Å². The van der Waals surface area contributed by atoms with Crippen molar-refractivity contribution in [2.45, 2.75) is 20.0 Å². The maximum Gasteiger partial charge on any atom is 0.132 e. The fourth-order valence-corrected chi connectivity index (χ4v) is 1.80. The van der Waals surface area contributed by atoms with Gasteiger partial charge in [0.05, 0.1) is 12.3 Å². The van der Waals surface area contributed by atoms with Gasteiger partial charge in [0.1, 0.15) is 12.4 Å². The molecular weight excluding hydrogens is 252 g/mol. The van der Waals surface area contributed by atoms with Gasteiger partial charge in [-0.3, -0.25) is 4.68 Å². The predicted octanol–water partition coefficient (Wildman–Crippen LogP) is 2.04. The third kappa shape index (κ3) is 3.87. The van der Waals surface area contributed by atoms with Crippen LogP contribution in [-0.4, -0.2) is 21.5 Å². The maximum atomic E-state index is 8.69. The van der Waals surface area contributed by atoms with E-state index < -0.39 is 0 Å². The molecule has 0 unspecified atom stereocenters. The number of benzene rings is 1. The van der Waals surface area contributed by atoms with Gasteiger partial charge in [-0.25, -0.2) is 0 Å². The lowest BCUT2D eigenvalue weighted by Gasteiger charge is -2.08. The van der Waals surface area contributed by atoms with Crippen LogP contribution in [0.5, 0.6) is 5.75 Å². The number of aliphatic hydroxyl groups excluding tert-OH is 1. The number of aryl methyl sites for hydroxylation is 2. The van der Waals surface area contributed by atoms with E-state index >= 15 is 0 Å². The zero-order valence-corrected chi connectivity index (χ0v) is 11.8. The van der Waals surface area contributed by atoms with Gasteiger partial charge in [-0.1, -0.05) is 11.8 Å². The minimum Gasteiger partial charge on any atom is -0.487 e. The molecule has 1 N–H and O–H groups in total. The largest absolute Gasteiger partial charge is 0.487 e. The van der Waals surface area contributed by atoms with Crippen LogP contribution >= 0.6 is 0 Å². The van der Waals surface area contributed by atoms with Crippen LogP contribution in [0, 0.1) is 18.8 Å². The first-order chi connectivity index (χ1) is 9.69. The van der Waals surface area contributed by atoms with Crippen molar-refractivity contribution in [2.24, 2.45) is 7.05 Å². The molecular formula is C16H18N2O2. The molecule has 0 saturated heterocycles. The van der Waals surface area contributed by atoms with E-state index in [0.29, 0.717) is 13.0 Å². The van der Waals surface area contributed by atoms with E-state index in [1.807, 2.05) is 44.4 Å². The highest BCUT2D eigenvalue weighted by molar-refractivity contribution is 5.43. The lowest BCUT2D eigenvalue weighted by molar-refractivity contribution is 0.298. The summed E-state index contributed by atoms with van der Waals surface area (Å²) in [6, 6.07) is 7.76. The smallest absolute Gasteiger partial charge is 0.132 e. The first-order valence-corrected chi connectivity index (χ1v) is 6.51. The second-order valence-corrected chi connectivity index (χ2v) is 4.53. The number of nitrogens with zero attached hydrogens (tertiary/aromatic N) is 2. The average Bonchev–Trinajstić information content (AvgIpc) is 2.84. The van der Waals surface area contributed by atoms with Gasteiger partial charge in [0.2, 0.25) is 0 Å². The van der Waals surface area contributed by atoms with Crippen molar-refractivity contribution >= 4 is 0 Å².